The third kappa shape index (κ3) is 5.27. The van der Waals surface area contributed by atoms with Gasteiger partial charge in [0.1, 0.15) is 11.3 Å². The van der Waals surface area contributed by atoms with Gasteiger partial charge >= 0.3 is 5.97 Å². The summed E-state index contributed by atoms with van der Waals surface area (Å²) in [5.41, 5.74) is 3.66. The van der Waals surface area contributed by atoms with E-state index in [1.807, 2.05) is 19.9 Å². The normalized spacial score (nSPS) is 31.1. The Kier molecular flexibility index (Phi) is 8.40. The van der Waals surface area contributed by atoms with Crippen LogP contribution in [0.1, 0.15) is 96.3 Å². The molecule has 8 rings (SSSR count). The number of hydrogen-bond donors (Lipinski definition) is 7. The number of benzene rings is 3. The Labute approximate surface area is 314 Å². The maximum absolute atomic E-state index is 12.3. The lowest BCUT2D eigenvalue weighted by atomic mass is 9.34. The molecule has 286 valence electrons. The minimum absolute atomic E-state index is 0.00431. The van der Waals surface area contributed by atoms with E-state index >= 15 is 0 Å². The smallest absolute Gasteiger partial charge is 0.309 e. The summed E-state index contributed by atoms with van der Waals surface area (Å²) < 4.78 is 5.43. The maximum atomic E-state index is 12.3. The topological polar surface area (TPSA) is 189 Å². The number of aliphatic carboxylic acids is 1. The van der Waals surface area contributed by atoms with Crippen LogP contribution in [-0.2, 0) is 16.6 Å². The predicted molar refractivity (Wildman–Crippen MR) is 204 cm³/mol. The molecule has 0 amide bonds. The molecule has 4 aliphatic carbocycles. The van der Waals surface area contributed by atoms with Crippen molar-refractivity contribution in [2.24, 2.45) is 27.6 Å². The van der Waals surface area contributed by atoms with E-state index in [0.717, 1.165) is 68.6 Å². The van der Waals surface area contributed by atoms with Crippen molar-refractivity contribution in [1.82, 2.24) is 0 Å². The van der Waals surface area contributed by atoms with E-state index in [4.69, 9.17) is 4.42 Å². The van der Waals surface area contributed by atoms with Gasteiger partial charge in [-0.1, -0.05) is 39.3 Å². The van der Waals surface area contributed by atoms with Gasteiger partial charge in [-0.2, -0.15) is 0 Å². The Morgan fingerprint density at radius 1 is 0.778 bits per heavy atom. The average molecular weight is 739 g/mol. The van der Waals surface area contributed by atoms with Gasteiger partial charge in [0.15, 0.2) is 28.8 Å². The summed E-state index contributed by atoms with van der Waals surface area (Å²) in [6.07, 6.45) is 10.0. The number of carboxylic acid groups (broad SMARTS) is 1. The van der Waals surface area contributed by atoms with Crippen molar-refractivity contribution in [1.29, 1.82) is 0 Å². The van der Waals surface area contributed by atoms with Crippen LogP contribution in [0.15, 0.2) is 63.3 Å². The lowest BCUT2D eigenvalue weighted by Crippen LogP contribution is -2.62. The molecule has 4 aliphatic rings. The van der Waals surface area contributed by atoms with Crippen LogP contribution in [0.2, 0.25) is 0 Å². The Morgan fingerprint density at radius 2 is 1.48 bits per heavy atom. The van der Waals surface area contributed by atoms with Crippen molar-refractivity contribution in [3.8, 4) is 45.8 Å². The lowest BCUT2D eigenvalue weighted by Gasteiger charge is -2.69. The van der Waals surface area contributed by atoms with Crippen molar-refractivity contribution in [3.63, 3.8) is 0 Å². The SMILES string of the molecule is Cc1c(O)c(O)cc2c1CC=C1C2(C)CCC2(C)C3CC(C)(C(=O)O)CCC3(C)CCC12C.O=c1c(O)c(-c2ccc(O)c(O)c2)oc2cc(O)ccc12. The van der Waals surface area contributed by atoms with E-state index in [-0.39, 0.29) is 67.0 Å². The van der Waals surface area contributed by atoms with Crippen LogP contribution in [0, 0.1) is 34.5 Å². The van der Waals surface area contributed by atoms with Gasteiger partial charge in [0.25, 0.3) is 0 Å². The first-order valence-electron chi connectivity index (χ1n) is 18.7. The molecule has 0 spiro atoms. The summed E-state index contributed by atoms with van der Waals surface area (Å²) in [4.78, 5) is 24.3. The highest BCUT2D eigenvalue weighted by atomic mass is 16.4. The molecular weight excluding hydrogens is 688 g/mol. The largest absolute Gasteiger partial charge is 0.508 e. The van der Waals surface area contributed by atoms with E-state index in [0.29, 0.717) is 5.92 Å². The Bertz CT molecular complexity index is 2320. The number of phenols is 5. The fourth-order valence-electron chi connectivity index (χ4n) is 10.9. The van der Waals surface area contributed by atoms with E-state index in [1.54, 1.807) is 0 Å². The van der Waals surface area contributed by atoms with Gasteiger partial charge < -0.3 is 40.2 Å². The van der Waals surface area contributed by atoms with Gasteiger partial charge in [-0.15, -0.1) is 0 Å². The van der Waals surface area contributed by atoms with E-state index in [9.17, 15) is 45.3 Å². The molecule has 1 heterocycles. The van der Waals surface area contributed by atoms with Crippen molar-refractivity contribution in [3.05, 3.63) is 81.0 Å². The van der Waals surface area contributed by atoms with Crippen LogP contribution in [0.4, 0.5) is 0 Å². The zero-order chi connectivity index (χ0) is 39.3. The summed E-state index contributed by atoms with van der Waals surface area (Å²) in [5.74, 6) is -1.89. The summed E-state index contributed by atoms with van der Waals surface area (Å²) in [5, 5.41) is 69.2. The zero-order valence-corrected chi connectivity index (χ0v) is 31.7. The highest BCUT2D eigenvalue weighted by Gasteiger charge is 2.67. The first kappa shape index (κ1) is 37.2. The summed E-state index contributed by atoms with van der Waals surface area (Å²) in [7, 11) is 0. The number of rotatable bonds is 2. The van der Waals surface area contributed by atoms with Gasteiger partial charge in [0, 0.05) is 17.0 Å². The van der Waals surface area contributed by atoms with Crippen molar-refractivity contribution in [2.45, 2.75) is 98.3 Å². The molecule has 3 fully saturated rings. The molecule has 6 unspecified atom stereocenters. The van der Waals surface area contributed by atoms with Gasteiger partial charge in [0.2, 0.25) is 11.2 Å². The Hall–Kier alpha value is -5.12. The number of phenolic OH excluding ortho intramolecular Hbond substituents is 5. The fourth-order valence-corrected chi connectivity index (χ4v) is 10.9. The predicted octanol–water partition coefficient (Wildman–Crippen LogP) is 8.93. The fraction of sp³-hybridized carbons (Fsp3) is 0.455. The molecule has 0 radical (unpaired) electrons. The molecule has 54 heavy (non-hydrogen) atoms. The third-order valence-electron chi connectivity index (χ3n) is 14.7. The Morgan fingerprint density at radius 3 is 2.17 bits per heavy atom. The molecule has 3 saturated carbocycles. The van der Waals surface area contributed by atoms with Gasteiger partial charge in [-0.3, -0.25) is 9.59 Å². The standard InChI is InChI=1S/C29H40O4.C15H10O6/c1-17-18-7-8-21-27(4,19(18)15-20(30)23(17)31)12-14-29(6)22-16-26(3,24(32)33)10-9-25(22,2)11-13-28(21,29)5;16-8-2-3-9-12(6-8)21-15(14(20)13(9)19)7-1-4-10(17)11(18)5-7/h8,15,22,30-31H,7,9-14,16H2,1-6H3,(H,32,33);1-6,16-18,20H. The molecule has 6 atom stereocenters. The molecule has 4 aromatic rings. The zero-order valence-electron chi connectivity index (χ0n) is 31.7. The summed E-state index contributed by atoms with van der Waals surface area (Å²) >= 11 is 0. The van der Waals surface area contributed by atoms with E-state index < -0.39 is 28.3 Å². The third-order valence-corrected chi connectivity index (χ3v) is 14.7. The Balaban J connectivity index is 0.000000184. The summed E-state index contributed by atoms with van der Waals surface area (Å²) in [6, 6.07) is 9.45. The average Bonchev–Trinajstić information content (AvgIpc) is 3.12. The number of aromatic hydroxyl groups is 6. The number of hydrogen-bond acceptors (Lipinski definition) is 9. The quantitative estimate of drug-likeness (QED) is 0.0772. The molecule has 0 bridgehead atoms. The van der Waals surface area contributed by atoms with Gasteiger partial charge in [-0.25, -0.2) is 0 Å². The number of allylic oxidation sites excluding steroid dienone is 2. The molecule has 0 saturated heterocycles. The number of fused-ring (bicyclic) bond motifs is 8. The van der Waals surface area contributed by atoms with E-state index in [2.05, 4.69) is 33.8 Å². The summed E-state index contributed by atoms with van der Waals surface area (Å²) in [6.45, 7) is 13.5. The number of carbonyl (C=O) groups is 1. The molecule has 10 heteroatoms. The monoisotopic (exact) mass is 738 g/mol. The van der Waals surface area contributed by atoms with Crippen molar-refractivity contribution < 1.29 is 45.0 Å². The molecule has 3 aromatic carbocycles. The highest BCUT2D eigenvalue weighted by molar-refractivity contribution is 5.83. The maximum Gasteiger partial charge on any atom is 0.309 e. The van der Waals surface area contributed by atoms with Crippen LogP contribution in [0.5, 0.6) is 34.5 Å². The highest BCUT2D eigenvalue weighted by Crippen LogP contribution is 2.74. The first-order valence-corrected chi connectivity index (χ1v) is 18.7. The second kappa shape index (κ2) is 12.2. The second-order valence-corrected chi connectivity index (χ2v) is 17.6. The molecule has 0 aliphatic heterocycles. The van der Waals surface area contributed by atoms with Crippen LogP contribution in [0.25, 0.3) is 22.3 Å². The van der Waals surface area contributed by atoms with Crippen molar-refractivity contribution in [2.75, 3.05) is 0 Å². The minimum atomic E-state index is -0.654. The van der Waals surface area contributed by atoms with Gasteiger partial charge in [0.05, 0.1) is 10.8 Å². The molecular formula is C44H50O10. The van der Waals surface area contributed by atoms with Crippen LogP contribution in [0.3, 0.4) is 0 Å². The first-order chi connectivity index (χ1) is 25.2. The van der Waals surface area contributed by atoms with Crippen LogP contribution < -0.4 is 5.43 Å². The molecule has 7 N–H and O–H groups in total. The minimum Gasteiger partial charge on any atom is -0.508 e. The second-order valence-electron chi connectivity index (χ2n) is 17.6. The van der Waals surface area contributed by atoms with Crippen LogP contribution in [-0.4, -0.2) is 41.7 Å². The lowest BCUT2D eigenvalue weighted by molar-refractivity contribution is -0.177. The van der Waals surface area contributed by atoms with Crippen LogP contribution >= 0.6 is 0 Å². The number of carboxylic acids is 1. The van der Waals surface area contributed by atoms with Gasteiger partial charge in [-0.05, 0) is 140 Å². The molecule has 1 aromatic heterocycles. The van der Waals surface area contributed by atoms with E-state index in [1.165, 1.54) is 41.5 Å². The van der Waals surface area contributed by atoms with Crippen molar-refractivity contribution >= 4 is 16.9 Å². The molecule has 10 nitrogen and oxygen atoms in total.